The third-order valence-corrected chi connectivity index (χ3v) is 2.01. The molecule has 2 rings (SSSR count). The van der Waals surface area contributed by atoms with Crippen LogP contribution in [0.4, 0.5) is 0 Å². The van der Waals surface area contributed by atoms with E-state index in [2.05, 4.69) is 0 Å². The smallest absolute Gasteiger partial charge is 0.235 e. The molecule has 0 amide bonds. The lowest BCUT2D eigenvalue weighted by Crippen LogP contribution is -1.89. The summed E-state index contributed by atoms with van der Waals surface area (Å²) in [5.74, 6) is 0. The minimum Gasteiger partial charge on any atom is -0.350 e. The number of rotatable bonds is 1. The first-order valence-electron chi connectivity index (χ1n) is 3.75. The summed E-state index contributed by atoms with van der Waals surface area (Å²) in [6, 6.07) is 7.60. The molecule has 0 aliphatic rings. The first-order valence-corrected chi connectivity index (χ1v) is 3.75. The van der Waals surface area contributed by atoms with Crippen molar-refractivity contribution in [2.24, 2.45) is 7.05 Å². The Hall–Kier alpha value is -1.57. The van der Waals surface area contributed by atoms with Gasteiger partial charge in [-0.25, -0.2) is 0 Å². The van der Waals surface area contributed by atoms with E-state index in [4.69, 9.17) is 0 Å². The number of hydrogen-bond acceptors (Lipinski definition) is 1. The van der Waals surface area contributed by atoms with Crippen LogP contribution >= 0.6 is 0 Å². The van der Waals surface area contributed by atoms with Crippen molar-refractivity contribution in [2.75, 3.05) is 0 Å². The Labute approximate surface area is 70.4 Å². The Morgan fingerprint density at radius 2 is 2.17 bits per heavy atom. The van der Waals surface area contributed by atoms with E-state index < -0.39 is 0 Å². The number of nitrogens with zero attached hydrogens (tertiary/aromatic N) is 1. The van der Waals surface area contributed by atoms with Crippen molar-refractivity contribution in [1.29, 1.82) is 0 Å². The van der Waals surface area contributed by atoms with Gasteiger partial charge in [0.1, 0.15) is 0 Å². The number of fused-ring (bicyclic) bond motifs is 1. The zero-order chi connectivity index (χ0) is 8.55. The number of aromatic nitrogens is 1. The van der Waals surface area contributed by atoms with Gasteiger partial charge in [-0.15, -0.1) is 0 Å². The number of carbonyl (C=O) groups excluding carboxylic acids is 1. The molecule has 59 valence electrons. The van der Waals surface area contributed by atoms with Crippen molar-refractivity contribution in [3.63, 3.8) is 0 Å². The highest BCUT2D eigenvalue weighted by atomic mass is 16.1. The fraction of sp³-hybridized carbons (Fsp3) is 0.100. The molecule has 1 aromatic heterocycles. The van der Waals surface area contributed by atoms with Crippen LogP contribution in [0.1, 0.15) is 5.56 Å². The molecule has 0 spiro atoms. The first-order chi connectivity index (χ1) is 5.83. The minimum atomic E-state index is 0.625. The maximum atomic E-state index is 10.5. The van der Waals surface area contributed by atoms with Gasteiger partial charge < -0.3 is 4.57 Å². The third kappa shape index (κ3) is 0.848. The van der Waals surface area contributed by atoms with Crippen LogP contribution in [0.2, 0.25) is 0 Å². The number of hydrogen-bond donors (Lipinski definition) is 0. The van der Waals surface area contributed by atoms with Crippen LogP contribution < -0.4 is 0 Å². The molecule has 0 atom stereocenters. The van der Waals surface area contributed by atoms with Gasteiger partial charge in [0.15, 0.2) is 0 Å². The molecular formula is C10H8NO. The first kappa shape index (κ1) is 7.10. The molecule has 12 heavy (non-hydrogen) atoms. The van der Waals surface area contributed by atoms with Crippen LogP contribution in [0.15, 0.2) is 30.5 Å². The second-order valence-electron chi connectivity index (χ2n) is 2.77. The fourth-order valence-corrected chi connectivity index (χ4v) is 1.44. The molecule has 1 aromatic carbocycles. The summed E-state index contributed by atoms with van der Waals surface area (Å²) in [5, 5.41) is 1.08. The second-order valence-corrected chi connectivity index (χ2v) is 2.77. The van der Waals surface area contributed by atoms with Gasteiger partial charge in [0.25, 0.3) is 0 Å². The molecule has 0 N–H and O–H groups in total. The monoisotopic (exact) mass is 158 g/mol. The summed E-state index contributed by atoms with van der Waals surface area (Å²) >= 11 is 0. The van der Waals surface area contributed by atoms with Gasteiger partial charge in [0.2, 0.25) is 6.29 Å². The highest BCUT2D eigenvalue weighted by molar-refractivity contribution is 5.96. The molecule has 0 aliphatic carbocycles. The molecule has 0 fully saturated rings. The van der Waals surface area contributed by atoms with Crippen LogP contribution in [-0.2, 0) is 11.8 Å². The molecule has 0 unspecified atom stereocenters. The predicted octanol–water partition coefficient (Wildman–Crippen LogP) is 1.64. The van der Waals surface area contributed by atoms with Gasteiger partial charge in [-0.05, 0) is 12.1 Å². The van der Waals surface area contributed by atoms with Gasteiger partial charge in [0, 0.05) is 18.6 Å². The molecule has 1 heterocycles. The Morgan fingerprint density at radius 1 is 1.33 bits per heavy atom. The molecule has 0 aliphatic heterocycles. The largest absolute Gasteiger partial charge is 0.350 e. The van der Waals surface area contributed by atoms with E-state index >= 15 is 0 Å². The normalized spacial score (nSPS) is 10.4. The molecule has 0 bridgehead atoms. The third-order valence-electron chi connectivity index (χ3n) is 2.01. The quantitative estimate of drug-likeness (QED) is 0.618. The van der Waals surface area contributed by atoms with E-state index in [1.54, 1.807) is 6.07 Å². The van der Waals surface area contributed by atoms with Crippen molar-refractivity contribution in [3.05, 3.63) is 36.0 Å². The maximum absolute atomic E-state index is 10.5. The van der Waals surface area contributed by atoms with Crippen molar-refractivity contribution < 1.29 is 4.79 Å². The van der Waals surface area contributed by atoms with E-state index in [9.17, 15) is 4.79 Å². The molecule has 2 nitrogen and oxygen atoms in total. The number of benzene rings is 1. The van der Waals surface area contributed by atoms with E-state index in [0.29, 0.717) is 5.56 Å². The maximum Gasteiger partial charge on any atom is 0.235 e. The van der Waals surface area contributed by atoms with Gasteiger partial charge in [-0.3, -0.25) is 4.79 Å². The Morgan fingerprint density at radius 3 is 2.92 bits per heavy atom. The zero-order valence-electron chi connectivity index (χ0n) is 6.74. The molecule has 2 heteroatoms. The SMILES string of the molecule is Cn1ccc2cccc([C]=O)c21. The molecule has 0 saturated heterocycles. The van der Waals surface area contributed by atoms with E-state index in [0.717, 1.165) is 10.9 Å². The van der Waals surface area contributed by atoms with Gasteiger partial charge in [-0.1, -0.05) is 12.1 Å². The number of aryl methyl sites for hydroxylation is 1. The summed E-state index contributed by atoms with van der Waals surface area (Å²) < 4.78 is 1.93. The lowest BCUT2D eigenvalue weighted by molar-refractivity contribution is 0.563. The van der Waals surface area contributed by atoms with Crippen molar-refractivity contribution in [1.82, 2.24) is 4.57 Å². The van der Waals surface area contributed by atoms with Crippen molar-refractivity contribution >= 4 is 17.2 Å². The molecule has 1 radical (unpaired) electrons. The predicted molar refractivity (Wildman–Crippen MR) is 47.7 cm³/mol. The summed E-state index contributed by atoms with van der Waals surface area (Å²) in [4.78, 5) is 10.5. The van der Waals surface area contributed by atoms with Crippen LogP contribution in [-0.4, -0.2) is 10.9 Å². The highest BCUT2D eigenvalue weighted by Gasteiger charge is 2.02. The van der Waals surface area contributed by atoms with Crippen molar-refractivity contribution in [2.45, 2.75) is 0 Å². The average molecular weight is 158 g/mol. The fourth-order valence-electron chi connectivity index (χ4n) is 1.44. The summed E-state index contributed by atoms with van der Waals surface area (Å²) in [6.45, 7) is 0. The Kier molecular flexibility index (Phi) is 1.47. The molecular weight excluding hydrogens is 150 g/mol. The lowest BCUT2D eigenvalue weighted by Gasteiger charge is -1.97. The van der Waals surface area contributed by atoms with Crippen LogP contribution in [0.5, 0.6) is 0 Å². The highest BCUT2D eigenvalue weighted by Crippen LogP contribution is 2.17. The summed E-state index contributed by atoms with van der Waals surface area (Å²) in [6.07, 6.45) is 3.86. The second kappa shape index (κ2) is 2.48. The van der Waals surface area contributed by atoms with Gasteiger partial charge in [-0.2, -0.15) is 0 Å². The Bertz CT molecular complexity index is 428. The van der Waals surface area contributed by atoms with Gasteiger partial charge in [0.05, 0.1) is 11.1 Å². The van der Waals surface area contributed by atoms with Crippen molar-refractivity contribution in [3.8, 4) is 0 Å². The topological polar surface area (TPSA) is 22.0 Å². The standard InChI is InChI=1S/C10H8NO/c1-11-6-5-8-3-2-4-9(7-12)10(8)11/h2-6H,1H3. The molecule has 2 aromatic rings. The van der Waals surface area contributed by atoms with E-state index in [1.807, 2.05) is 42.3 Å². The summed E-state index contributed by atoms with van der Waals surface area (Å²) in [5.41, 5.74) is 1.58. The van der Waals surface area contributed by atoms with E-state index in [1.165, 1.54) is 0 Å². The van der Waals surface area contributed by atoms with E-state index in [-0.39, 0.29) is 0 Å². The Balaban J connectivity index is 2.93. The number of para-hydroxylation sites is 1. The summed E-state index contributed by atoms with van der Waals surface area (Å²) in [7, 11) is 1.92. The average Bonchev–Trinajstić information content (AvgIpc) is 2.48. The molecule has 0 saturated carbocycles. The lowest BCUT2D eigenvalue weighted by atomic mass is 10.2. The minimum absolute atomic E-state index is 0.625. The van der Waals surface area contributed by atoms with Crippen LogP contribution in [0, 0.1) is 0 Å². The van der Waals surface area contributed by atoms with Gasteiger partial charge >= 0.3 is 0 Å². The van der Waals surface area contributed by atoms with Crippen LogP contribution in [0.25, 0.3) is 10.9 Å². The van der Waals surface area contributed by atoms with Crippen LogP contribution in [0.3, 0.4) is 0 Å². The zero-order valence-corrected chi connectivity index (χ0v) is 6.74.